The molecule has 1 rings (SSSR count). The Hall–Kier alpha value is -0.950. The molecular weight excluding hydrogens is 272 g/mol. The lowest BCUT2D eigenvalue weighted by Gasteiger charge is -2.33. The normalized spacial score (nSPS) is 13.9. The fourth-order valence-corrected chi connectivity index (χ4v) is 1.33. The Morgan fingerprint density at radius 3 is 1.47 bits per heavy atom. The fourth-order valence-electron chi connectivity index (χ4n) is 1.20. The van der Waals surface area contributed by atoms with Crippen LogP contribution >= 0.6 is 11.6 Å². The Labute approximate surface area is 97.2 Å². The largest absolute Gasteiger partial charge is 0.419 e. The third-order valence-electron chi connectivity index (χ3n) is 2.19. The molecule has 0 radical (unpaired) electrons. The van der Waals surface area contributed by atoms with Gasteiger partial charge in [0.25, 0.3) is 0 Å². The van der Waals surface area contributed by atoms with Crippen LogP contribution < -0.4 is 5.73 Å². The Morgan fingerprint density at radius 2 is 1.18 bits per heavy atom. The topological polar surface area (TPSA) is 26.0 Å². The van der Waals surface area contributed by atoms with Gasteiger partial charge in [-0.2, -0.15) is 26.3 Å². The van der Waals surface area contributed by atoms with Gasteiger partial charge in [0, 0.05) is 5.02 Å². The van der Waals surface area contributed by atoms with E-state index >= 15 is 0 Å². The third-order valence-corrected chi connectivity index (χ3v) is 2.45. The van der Waals surface area contributed by atoms with Crippen molar-refractivity contribution < 1.29 is 26.3 Å². The van der Waals surface area contributed by atoms with E-state index in [0.717, 1.165) is 12.1 Å². The van der Waals surface area contributed by atoms with Crippen molar-refractivity contribution in [2.75, 3.05) is 0 Å². The molecule has 2 N–H and O–H groups in total. The van der Waals surface area contributed by atoms with Crippen LogP contribution in [0.1, 0.15) is 5.56 Å². The van der Waals surface area contributed by atoms with Gasteiger partial charge in [0.2, 0.25) is 5.54 Å². The van der Waals surface area contributed by atoms with Crippen molar-refractivity contribution in [3.63, 3.8) is 0 Å². The first-order valence-corrected chi connectivity index (χ1v) is 4.56. The summed E-state index contributed by atoms with van der Waals surface area (Å²) in [5.74, 6) is 0. The molecule has 0 aliphatic carbocycles. The van der Waals surface area contributed by atoms with Crippen LogP contribution in [0, 0.1) is 0 Å². The number of hydrogen-bond donors (Lipinski definition) is 1. The second kappa shape index (κ2) is 4.06. The Kier molecular flexibility index (Phi) is 3.37. The SMILES string of the molecule is NC(c1ccc(Cl)cc1)(C(F)(F)F)C(F)(F)F. The van der Waals surface area contributed by atoms with Crippen LogP contribution in [0.15, 0.2) is 24.3 Å². The quantitative estimate of drug-likeness (QED) is 0.780. The lowest BCUT2D eigenvalue weighted by Crippen LogP contribution is -2.60. The summed E-state index contributed by atoms with van der Waals surface area (Å²) < 4.78 is 75.1. The maximum Gasteiger partial charge on any atom is 0.419 e. The van der Waals surface area contributed by atoms with Gasteiger partial charge in [0.15, 0.2) is 0 Å². The first-order chi connectivity index (χ1) is 7.50. The zero-order chi connectivity index (χ0) is 13.5. The summed E-state index contributed by atoms with van der Waals surface area (Å²) in [6.07, 6.45) is -11.3. The van der Waals surface area contributed by atoms with Crippen LogP contribution in [0.3, 0.4) is 0 Å². The minimum Gasteiger partial charge on any atom is -0.306 e. The summed E-state index contributed by atoms with van der Waals surface area (Å²) in [6, 6.07) is 3.03. The lowest BCUT2D eigenvalue weighted by molar-refractivity contribution is -0.301. The molecule has 0 aromatic heterocycles. The fraction of sp³-hybridized carbons (Fsp3) is 0.333. The van der Waals surface area contributed by atoms with Gasteiger partial charge in [-0.3, -0.25) is 0 Å². The van der Waals surface area contributed by atoms with E-state index in [9.17, 15) is 26.3 Å². The third kappa shape index (κ3) is 2.35. The second-order valence-corrected chi connectivity index (χ2v) is 3.75. The van der Waals surface area contributed by atoms with Crippen molar-refractivity contribution in [3.05, 3.63) is 34.9 Å². The van der Waals surface area contributed by atoms with Crippen molar-refractivity contribution in [2.45, 2.75) is 17.9 Å². The molecule has 0 unspecified atom stereocenters. The monoisotopic (exact) mass is 277 g/mol. The number of halogens is 7. The molecule has 96 valence electrons. The molecule has 0 fully saturated rings. The maximum absolute atomic E-state index is 12.5. The number of nitrogens with two attached hydrogens (primary N) is 1. The van der Waals surface area contributed by atoms with Crippen LogP contribution in [-0.4, -0.2) is 12.4 Å². The summed E-state index contributed by atoms with van der Waals surface area (Å²) >= 11 is 5.39. The zero-order valence-corrected chi connectivity index (χ0v) is 8.79. The van der Waals surface area contributed by atoms with E-state index in [1.54, 1.807) is 0 Å². The molecular formula is C9H6ClF6N. The Bertz CT molecular complexity index is 379. The molecule has 0 saturated heterocycles. The highest BCUT2D eigenvalue weighted by Gasteiger charge is 2.69. The number of alkyl halides is 6. The first-order valence-electron chi connectivity index (χ1n) is 4.18. The molecule has 17 heavy (non-hydrogen) atoms. The molecule has 0 bridgehead atoms. The van der Waals surface area contributed by atoms with Crippen LogP contribution in [-0.2, 0) is 5.54 Å². The minimum atomic E-state index is -5.65. The molecule has 0 aliphatic rings. The average molecular weight is 278 g/mol. The van der Waals surface area contributed by atoms with Crippen molar-refractivity contribution in [1.82, 2.24) is 0 Å². The Balaban J connectivity index is 3.41. The van der Waals surface area contributed by atoms with Gasteiger partial charge in [-0.15, -0.1) is 0 Å². The smallest absolute Gasteiger partial charge is 0.306 e. The molecule has 1 nitrogen and oxygen atoms in total. The van der Waals surface area contributed by atoms with Crippen molar-refractivity contribution in [2.24, 2.45) is 5.73 Å². The molecule has 0 atom stereocenters. The van der Waals surface area contributed by atoms with Gasteiger partial charge in [-0.25, -0.2) is 0 Å². The van der Waals surface area contributed by atoms with Crippen molar-refractivity contribution >= 4 is 11.6 Å². The Morgan fingerprint density at radius 1 is 0.824 bits per heavy atom. The van der Waals surface area contributed by atoms with Gasteiger partial charge < -0.3 is 5.73 Å². The highest BCUT2D eigenvalue weighted by atomic mass is 35.5. The maximum atomic E-state index is 12.5. The van der Waals surface area contributed by atoms with Crippen molar-refractivity contribution in [3.8, 4) is 0 Å². The predicted octanol–water partition coefficient (Wildman–Crippen LogP) is 3.62. The van der Waals surface area contributed by atoms with Crippen molar-refractivity contribution in [1.29, 1.82) is 0 Å². The molecule has 8 heteroatoms. The summed E-state index contributed by atoms with van der Waals surface area (Å²) in [7, 11) is 0. The van der Waals surface area contributed by atoms with Crippen LogP contribution in [0.25, 0.3) is 0 Å². The van der Waals surface area contributed by atoms with Gasteiger partial charge >= 0.3 is 12.4 Å². The molecule has 0 aliphatic heterocycles. The van der Waals surface area contributed by atoms with E-state index in [1.807, 2.05) is 0 Å². The molecule has 1 aromatic rings. The highest BCUT2D eigenvalue weighted by Crippen LogP contribution is 2.48. The first kappa shape index (κ1) is 14.1. The van der Waals surface area contributed by atoms with E-state index < -0.39 is 23.5 Å². The zero-order valence-electron chi connectivity index (χ0n) is 8.03. The second-order valence-electron chi connectivity index (χ2n) is 3.31. The van der Waals surface area contributed by atoms with Gasteiger partial charge in [0.05, 0.1) is 0 Å². The van der Waals surface area contributed by atoms with Crippen LogP contribution in [0.4, 0.5) is 26.3 Å². The van der Waals surface area contributed by atoms with Crippen LogP contribution in [0.5, 0.6) is 0 Å². The van der Waals surface area contributed by atoms with Gasteiger partial charge in [0.1, 0.15) is 0 Å². The number of benzene rings is 1. The number of hydrogen-bond acceptors (Lipinski definition) is 1. The van der Waals surface area contributed by atoms with E-state index in [0.29, 0.717) is 12.1 Å². The molecule has 1 aromatic carbocycles. The summed E-state index contributed by atoms with van der Waals surface area (Å²) in [5, 5.41) is 0.0143. The predicted molar refractivity (Wildman–Crippen MR) is 49.4 cm³/mol. The van der Waals surface area contributed by atoms with Crippen LogP contribution in [0.2, 0.25) is 5.02 Å². The molecule has 0 saturated carbocycles. The summed E-state index contributed by atoms with van der Waals surface area (Å²) in [6.45, 7) is 0. The lowest BCUT2D eigenvalue weighted by atomic mass is 9.89. The van der Waals surface area contributed by atoms with E-state index in [2.05, 4.69) is 5.73 Å². The standard InChI is InChI=1S/C9H6ClF6N/c10-6-3-1-5(2-4-6)7(17,8(11,12)13)9(14,15)16/h1-4H,17H2. The molecule has 0 heterocycles. The van der Waals surface area contributed by atoms with E-state index in [1.165, 1.54) is 0 Å². The van der Waals surface area contributed by atoms with E-state index in [4.69, 9.17) is 11.6 Å². The van der Waals surface area contributed by atoms with Gasteiger partial charge in [-0.05, 0) is 17.7 Å². The summed E-state index contributed by atoms with van der Waals surface area (Å²) in [4.78, 5) is 0. The molecule has 0 amide bonds. The number of rotatable bonds is 1. The highest BCUT2D eigenvalue weighted by molar-refractivity contribution is 6.30. The summed E-state index contributed by atoms with van der Waals surface area (Å²) in [5.41, 5.74) is -0.977. The van der Waals surface area contributed by atoms with E-state index in [-0.39, 0.29) is 5.02 Å². The van der Waals surface area contributed by atoms with Gasteiger partial charge in [-0.1, -0.05) is 23.7 Å². The minimum absolute atomic E-state index is 0.0143. The molecule has 0 spiro atoms. The average Bonchev–Trinajstić information content (AvgIpc) is 2.14.